The second kappa shape index (κ2) is 5.51. The number of likely N-dealkylation sites (tertiary alicyclic amines) is 1. The predicted octanol–water partition coefficient (Wildman–Crippen LogP) is 0.446. The summed E-state index contributed by atoms with van der Waals surface area (Å²) >= 11 is 0. The van der Waals surface area contributed by atoms with Crippen molar-refractivity contribution in [2.45, 2.75) is 25.4 Å². The van der Waals surface area contributed by atoms with E-state index in [2.05, 4.69) is 4.90 Å². The highest BCUT2D eigenvalue weighted by Crippen LogP contribution is 2.12. The van der Waals surface area contributed by atoms with Crippen LogP contribution in [0.5, 0.6) is 0 Å². The number of hydrogen-bond acceptors (Lipinski definition) is 3. The van der Waals surface area contributed by atoms with Crippen LogP contribution in [0.2, 0.25) is 0 Å². The van der Waals surface area contributed by atoms with Gasteiger partial charge in [-0.3, -0.25) is 0 Å². The number of methoxy groups -OCH3 is 1. The molecule has 0 amide bonds. The molecule has 3 nitrogen and oxygen atoms in total. The summed E-state index contributed by atoms with van der Waals surface area (Å²) in [5.41, 5.74) is 5.45. The highest BCUT2D eigenvalue weighted by molar-refractivity contribution is 4.71. The van der Waals surface area contributed by atoms with Gasteiger partial charge >= 0.3 is 0 Å². The first-order chi connectivity index (χ1) is 5.86. The Morgan fingerprint density at radius 2 is 2.08 bits per heavy atom. The van der Waals surface area contributed by atoms with Crippen LogP contribution in [0.4, 0.5) is 0 Å². The fraction of sp³-hybridized carbons (Fsp3) is 1.00. The third-order valence-electron chi connectivity index (χ3n) is 2.55. The zero-order valence-electron chi connectivity index (χ0n) is 7.96. The van der Waals surface area contributed by atoms with E-state index in [1.807, 2.05) is 0 Å². The maximum absolute atomic E-state index is 5.45. The van der Waals surface area contributed by atoms with Crippen molar-refractivity contribution in [1.29, 1.82) is 0 Å². The van der Waals surface area contributed by atoms with Crippen molar-refractivity contribution >= 4 is 0 Å². The van der Waals surface area contributed by atoms with E-state index in [0.29, 0.717) is 6.10 Å². The monoisotopic (exact) mass is 172 g/mol. The number of ether oxygens (including phenoxy) is 1. The van der Waals surface area contributed by atoms with Crippen molar-refractivity contribution in [3.8, 4) is 0 Å². The van der Waals surface area contributed by atoms with Crippen molar-refractivity contribution in [2.24, 2.45) is 5.73 Å². The number of nitrogens with zero attached hydrogens (tertiary/aromatic N) is 1. The lowest BCUT2D eigenvalue weighted by molar-refractivity contribution is 0.0410. The van der Waals surface area contributed by atoms with Crippen molar-refractivity contribution in [3.05, 3.63) is 0 Å². The van der Waals surface area contributed by atoms with Crippen LogP contribution in [0.25, 0.3) is 0 Å². The standard InChI is InChI=1S/C9H20N2O/c1-12-9-3-7-11(8-4-9)6-2-5-10/h9H,2-8,10H2,1H3. The molecule has 0 unspecified atom stereocenters. The van der Waals surface area contributed by atoms with Gasteiger partial charge in [0.1, 0.15) is 0 Å². The Morgan fingerprint density at radius 3 is 2.58 bits per heavy atom. The third-order valence-corrected chi connectivity index (χ3v) is 2.55. The molecule has 1 aliphatic heterocycles. The molecule has 0 aromatic rings. The van der Waals surface area contributed by atoms with Gasteiger partial charge in [-0.1, -0.05) is 0 Å². The smallest absolute Gasteiger partial charge is 0.0595 e. The van der Waals surface area contributed by atoms with E-state index in [1.165, 1.54) is 25.9 Å². The lowest BCUT2D eigenvalue weighted by Crippen LogP contribution is -2.37. The molecule has 0 atom stereocenters. The number of nitrogens with two attached hydrogens (primary N) is 1. The van der Waals surface area contributed by atoms with Crippen LogP contribution >= 0.6 is 0 Å². The molecule has 2 N–H and O–H groups in total. The van der Waals surface area contributed by atoms with E-state index in [0.717, 1.165) is 19.5 Å². The maximum Gasteiger partial charge on any atom is 0.0595 e. The van der Waals surface area contributed by atoms with E-state index >= 15 is 0 Å². The van der Waals surface area contributed by atoms with Gasteiger partial charge in [0.25, 0.3) is 0 Å². The molecule has 3 heteroatoms. The molecule has 1 aliphatic rings. The normalized spacial score (nSPS) is 21.5. The Bertz CT molecular complexity index is 111. The molecule has 0 spiro atoms. The molecule has 0 aromatic heterocycles. The Morgan fingerprint density at radius 1 is 1.42 bits per heavy atom. The molecule has 0 aromatic carbocycles. The average molecular weight is 172 g/mol. The summed E-state index contributed by atoms with van der Waals surface area (Å²) < 4.78 is 5.29. The van der Waals surface area contributed by atoms with Gasteiger partial charge in [-0.05, 0) is 32.4 Å². The fourth-order valence-corrected chi connectivity index (χ4v) is 1.68. The largest absolute Gasteiger partial charge is 0.381 e. The molecule has 1 saturated heterocycles. The summed E-state index contributed by atoms with van der Waals surface area (Å²) in [5.74, 6) is 0. The minimum Gasteiger partial charge on any atom is -0.381 e. The van der Waals surface area contributed by atoms with Crippen molar-refractivity contribution < 1.29 is 4.74 Å². The maximum atomic E-state index is 5.45. The molecule has 0 aliphatic carbocycles. The van der Waals surface area contributed by atoms with Crippen molar-refractivity contribution in [2.75, 3.05) is 33.3 Å². The van der Waals surface area contributed by atoms with E-state index in [-0.39, 0.29) is 0 Å². The summed E-state index contributed by atoms with van der Waals surface area (Å²) in [6.45, 7) is 4.33. The molecule has 1 rings (SSSR count). The van der Waals surface area contributed by atoms with Gasteiger partial charge < -0.3 is 15.4 Å². The van der Waals surface area contributed by atoms with E-state index < -0.39 is 0 Å². The quantitative estimate of drug-likeness (QED) is 0.669. The van der Waals surface area contributed by atoms with Crippen molar-refractivity contribution in [3.63, 3.8) is 0 Å². The summed E-state index contributed by atoms with van der Waals surface area (Å²) in [7, 11) is 1.81. The van der Waals surface area contributed by atoms with E-state index in [9.17, 15) is 0 Å². The Hall–Kier alpha value is -0.120. The lowest BCUT2D eigenvalue weighted by atomic mass is 10.1. The zero-order valence-corrected chi connectivity index (χ0v) is 7.96. The fourth-order valence-electron chi connectivity index (χ4n) is 1.68. The van der Waals surface area contributed by atoms with Gasteiger partial charge in [-0.15, -0.1) is 0 Å². The molecular weight excluding hydrogens is 152 g/mol. The van der Waals surface area contributed by atoms with E-state index in [1.54, 1.807) is 7.11 Å². The van der Waals surface area contributed by atoms with Crippen LogP contribution in [-0.2, 0) is 4.74 Å². The molecule has 72 valence electrons. The van der Waals surface area contributed by atoms with Crippen LogP contribution in [-0.4, -0.2) is 44.3 Å². The summed E-state index contributed by atoms with van der Waals surface area (Å²) in [6, 6.07) is 0. The average Bonchev–Trinajstić information content (AvgIpc) is 2.15. The highest BCUT2D eigenvalue weighted by Gasteiger charge is 2.17. The summed E-state index contributed by atoms with van der Waals surface area (Å²) in [4.78, 5) is 2.47. The van der Waals surface area contributed by atoms with Crippen LogP contribution in [0.1, 0.15) is 19.3 Å². The van der Waals surface area contributed by atoms with Crippen LogP contribution < -0.4 is 5.73 Å². The number of piperidine rings is 1. The second-order valence-electron chi connectivity index (χ2n) is 3.42. The first-order valence-corrected chi connectivity index (χ1v) is 4.82. The Balaban J connectivity index is 2.09. The molecule has 1 fully saturated rings. The van der Waals surface area contributed by atoms with Crippen molar-refractivity contribution in [1.82, 2.24) is 4.90 Å². The zero-order chi connectivity index (χ0) is 8.81. The third kappa shape index (κ3) is 3.09. The van der Waals surface area contributed by atoms with E-state index in [4.69, 9.17) is 10.5 Å². The van der Waals surface area contributed by atoms with Crippen LogP contribution in [0, 0.1) is 0 Å². The first kappa shape index (κ1) is 9.96. The van der Waals surface area contributed by atoms with Gasteiger partial charge in [0.15, 0.2) is 0 Å². The highest BCUT2D eigenvalue weighted by atomic mass is 16.5. The molecule has 0 saturated carbocycles. The SMILES string of the molecule is COC1CCN(CCCN)CC1. The Kier molecular flexibility index (Phi) is 4.58. The predicted molar refractivity (Wildman–Crippen MR) is 50.1 cm³/mol. The number of hydrogen-bond donors (Lipinski definition) is 1. The van der Waals surface area contributed by atoms with Crippen LogP contribution in [0.3, 0.4) is 0 Å². The topological polar surface area (TPSA) is 38.5 Å². The van der Waals surface area contributed by atoms with Crippen LogP contribution in [0.15, 0.2) is 0 Å². The minimum atomic E-state index is 0.499. The van der Waals surface area contributed by atoms with Gasteiger partial charge in [0, 0.05) is 20.2 Å². The first-order valence-electron chi connectivity index (χ1n) is 4.82. The second-order valence-corrected chi connectivity index (χ2v) is 3.42. The minimum absolute atomic E-state index is 0.499. The summed E-state index contributed by atoms with van der Waals surface area (Å²) in [5, 5.41) is 0. The van der Waals surface area contributed by atoms with Gasteiger partial charge in [-0.25, -0.2) is 0 Å². The van der Waals surface area contributed by atoms with Gasteiger partial charge in [0.2, 0.25) is 0 Å². The molecule has 1 heterocycles. The molecular formula is C9H20N2O. The Labute approximate surface area is 74.9 Å². The number of rotatable bonds is 4. The summed E-state index contributed by atoms with van der Waals surface area (Å²) in [6.07, 6.45) is 3.99. The molecule has 0 bridgehead atoms. The molecule has 12 heavy (non-hydrogen) atoms. The van der Waals surface area contributed by atoms with Gasteiger partial charge in [0.05, 0.1) is 6.10 Å². The molecule has 0 radical (unpaired) electrons. The van der Waals surface area contributed by atoms with Gasteiger partial charge in [-0.2, -0.15) is 0 Å². The lowest BCUT2D eigenvalue weighted by Gasteiger charge is -2.30.